The first-order valence-electron chi connectivity index (χ1n) is 7.81. The number of aliphatic hydroxyl groups is 1. The number of pyridine rings is 1. The summed E-state index contributed by atoms with van der Waals surface area (Å²) in [5, 5.41) is 13.4. The van der Waals surface area contributed by atoms with Crippen molar-refractivity contribution in [3.63, 3.8) is 0 Å². The van der Waals surface area contributed by atoms with E-state index in [4.69, 9.17) is 4.98 Å². The second-order valence-electron chi connectivity index (χ2n) is 6.31. The molecule has 1 saturated heterocycles. The van der Waals surface area contributed by atoms with Crippen LogP contribution in [0.2, 0.25) is 0 Å². The summed E-state index contributed by atoms with van der Waals surface area (Å²) in [4.78, 5) is 7.21. The van der Waals surface area contributed by atoms with Gasteiger partial charge in [0.2, 0.25) is 0 Å². The lowest BCUT2D eigenvalue weighted by molar-refractivity contribution is 0.133. The molecule has 2 N–H and O–H groups in total. The van der Waals surface area contributed by atoms with Crippen molar-refractivity contribution in [2.45, 2.75) is 25.5 Å². The molecule has 2 aliphatic rings. The average molecular weight is 286 g/mol. The van der Waals surface area contributed by atoms with Crippen molar-refractivity contribution in [1.82, 2.24) is 14.7 Å². The first-order valence-corrected chi connectivity index (χ1v) is 7.81. The predicted molar refractivity (Wildman–Crippen MR) is 82.4 cm³/mol. The Morgan fingerprint density at radius 3 is 3.05 bits per heavy atom. The Morgan fingerprint density at radius 2 is 2.24 bits per heavy atom. The smallest absolute Gasteiger partial charge is 0.152 e. The van der Waals surface area contributed by atoms with Crippen LogP contribution in [0.25, 0.3) is 5.65 Å². The third kappa shape index (κ3) is 2.03. The molecule has 0 bridgehead atoms. The van der Waals surface area contributed by atoms with Crippen molar-refractivity contribution in [2.75, 3.05) is 25.0 Å². The van der Waals surface area contributed by atoms with E-state index in [1.807, 2.05) is 19.2 Å². The number of hydrogen-bond acceptors (Lipinski definition) is 4. The van der Waals surface area contributed by atoms with Crippen LogP contribution in [-0.4, -0.2) is 40.7 Å². The van der Waals surface area contributed by atoms with Crippen LogP contribution in [0.15, 0.2) is 24.4 Å². The van der Waals surface area contributed by atoms with Crippen LogP contribution < -0.4 is 10.2 Å². The van der Waals surface area contributed by atoms with Gasteiger partial charge in [-0.15, -0.1) is 0 Å². The summed E-state index contributed by atoms with van der Waals surface area (Å²) in [6.45, 7) is 2.77. The molecule has 0 radical (unpaired) electrons. The number of aliphatic hydroxyl groups excluding tert-OH is 1. The van der Waals surface area contributed by atoms with E-state index in [0.29, 0.717) is 11.8 Å². The lowest BCUT2D eigenvalue weighted by Gasteiger charge is -2.19. The summed E-state index contributed by atoms with van der Waals surface area (Å²) in [6, 6.07) is 6.12. The van der Waals surface area contributed by atoms with Gasteiger partial charge in [0.25, 0.3) is 0 Å². The topological polar surface area (TPSA) is 52.8 Å². The number of imidazole rings is 1. The SMILES string of the molecule is CNCc1c(N2CC3CCC(O)C3C2)nc2ccccn12. The largest absolute Gasteiger partial charge is 0.393 e. The number of aromatic nitrogens is 2. The fraction of sp³-hybridized carbons (Fsp3) is 0.562. The maximum absolute atomic E-state index is 10.1. The van der Waals surface area contributed by atoms with Crippen LogP contribution >= 0.6 is 0 Å². The Morgan fingerprint density at radius 1 is 1.33 bits per heavy atom. The molecule has 2 aromatic heterocycles. The number of fused-ring (bicyclic) bond motifs is 2. The fourth-order valence-electron chi connectivity index (χ4n) is 4.03. The normalized spacial score (nSPS) is 28.5. The zero-order chi connectivity index (χ0) is 14.4. The molecular formula is C16H22N4O. The number of anilines is 1. The van der Waals surface area contributed by atoms with Crippen LogP contribution in [-0.2, 0) is 6.54 Å². The van der Waals surface area contributed by atoms with Gasteiger partial charge in [0, 0.05) is 31.7 Å². The van der Waals surface area contributed by atoms with E-state index in [2.05, 4.69) is 26.9 Å². The molecule has 2 aromatic rings. The molecule has 112 valence electrons. The van der Waals surface area contributed by atoms with Gasteiger partial charge in [-0.25, -0.2) is 4.98 Å². The second-order valence-corrected chi connectivity index (χ2v) is 6.31. The highest BCUT2D eigenvalue weighted by Gasteiger charge is 2.42. The van der Waals surface area contributed by atoms with Gasteiger partial charge < -0.3 is 19.7 Å². The highest BCUT2D eigenvalue weighted by Crippen LogP contribution is 2.40. The summed E-state index contributed by atoms with van der Waals surface area (Å²) in [5.41, 5.74) is 2.21. The lowest BCUT2D eigenvalue weighted by atomic mass is 10.00. The van der Waals surface area contributed by atoms with E-state index >= 15 is 0 Å². The Bertz CT molecular complexity index is 653. The summed E-state index contributed by atoms with van der Waals surface area (Å²) >= 11 is 0. The second kappa shape index (κ2) is 5.00. The maximum atomic E-state index is 10.1. The Kier molecular flexibility index (Phi) is 3.12. The molecule has 21 heavy (non-hydrogen) atoms. The molecule has 3 atom stereocenters. The predicted octanol–water partition coefficient (Wildman–Crippen LogP) is 1.26. The molecule has 0 amide bonds. The number of nitrogens with one attached hydrogen (secondary N) is 1. The Labute approximate surface area is 124 Å². The van der Waals surface area contributed by atoms with Gasteiger partial charge in [0.1, 0.15) is 5.65 Å². The monoisotopic (exact) mass is 286 g/mol. The minimum absolute atomic E-state index is 0.121. The molecule has 4 rings (SSSR count). The van der Waals surface area contributed by atoms with Gasteiger partial charge in [-0.1, -0.05) is 6.07 Å². The lowest BCUT2D eigenvalue weighted by Crippen LogP contribution is -2.26. The zero-order valence-corrected chi connectivity index (χ0v) is 12.4. The average Bonchev–Trinajstić information content (AvgIpc) is 3.15. The molecule has 1 aliphatic heterocycles. The van der Waals surface area contributed by atoms with Crippen molar-refractivity contribution in [3.05, 3.63) is 30.1 Å². The summed E-state index contributed by atoms with van der Waals surface area (Å²) in [5.74, 6) is 2.14. The van der Waals surface area contributed by atoms with E-state index in [1.54, 1.807) is 0 Å². The quantitative estimate of drug-likeness (QED) is 0.892. The Balaban J connectivity index is 1.71. The van der Waals surface area contributed by atoms with E-state index in [-0.39, 0.29) is 6.10 Å². The molecule has 0 aromatic carbocycles. The van der Waals surface area contributed by atoms with Gasteiger partial charge in [0.05, 0.1) is 11.8 Å². The van der Waals surface area contributed by atoms with Crippen LogP contribution in [0.5, 0.6) is 0 Å². The first-order chi connectivity index (χ1) is 10.3. The van der Waals surface area contributed by atoms with Crippen LogP contribution in [0.4, 0.5) is 5.82 Å². The molecule has 1 saturated carbocycles. The third-order valence-corrected chi connectivity index (χ3v) is 5.07. The summed E-state index contributed by atoms with van der Waals surface area (Å²) < 4.78 is 2.16. The highest BCUT2D eigenvalue weighted by atomic mass is 16.3. The van der Waals surface area contributed by atoms with E-state index in [1.165, 1.54) is 5.69 Å². The van der Waals surface area contributed by atoms with E-state index in [0.717, 1.165) is 43.9 Å². The summed E-state index contributed by atoms with van der Waals surface area (Å²) in [7, 11) is 1.97. The van der Waals surface area contributed by atoms with E-state index in [9.17, 15) is 5.11 Å². The van der Waals surface area contributed by atoms with Gasteiger partial charge in [-0.05, 0) is 37.9 Å². The Hall–Kier alpha value is -1.59. The molecule has 3 heterocycles. The minimum atomic E-state index is -0.121. The third-order valence-electron chi connectivity index (χ3n) is 5.07. The number of nitrogens with zero attached hydrogens (tertiary/aromatic N) is 3. The van der Waals surface area contributed by atoms with E-state index < -0.39 is 0 Å². The van der Waals surface area contributed by atoms with Crippen molar-refractivity contribution in [2.24, 2.45) is 11.8 Å². The van der Waals surface area contributed by atoms with Crippen molar-refractivity contribution in [1.29, 1.82) is 0 Å². The standard InChI is InChI=1S/C16H22N4O/c1-17-8-13-16(18-15-4-2-3-7-20(13)15)19-9-11-5-6-14(21)12(11)10-19/h2-4,7,11-12,14,17,21H,5-6,8-10H2,1H3. The number of rotatable bonds is 3. The number of hydrogen-bond donors (Lipinski definition) is 2. The molecule has 5 heteroatoms. The maximum Gasteiger partial charge on any atom is 0.152 e. The summed E-state index contributed by atoms with van der Waals surface area (Å²) in [6.07, 6.45) is 4.07. The molecule has 3 unspecified atom stereocenters. The fourth-order valence-corrected chi connectivity index (χ4v) is 4.03. The molecule has 1 aliphatic carbocycles. The van der Waals surface area contributed by atoms with Crippen LogP contribution in [0.3, 0.4) is 0 Å². The minimum Gasteiger partial charge on any atom is -0.393 e. The van der Waals surface area contributed by atoms with Gasteiger partial charge in [0.15, 0.2) is 5.82 Å². The first kappa shape index (κ1) is 13.1. The van der Waals surface area contributed by atoms with Crippen molar-refractivity contribution in [3.8, 4) is 0 Å². The molecule has 5 nitrogen and oxygen atoms in total. The van der Waals surface area contributed by atoms with Gasteiger partial charge in [-0.2, -0.15) is 0 Å². The van der Waals surface area contributed by atoms with Crippen molar-refractivity contribution < 1.29 is 5.11 Å². The van der Waals surface area contributed by atoms with Crippen molar-refractivity contribution >= 4 is 11.5 Å². The highest BCUT2D eigenvalue weighted by molar-refractivity contribution is 5.56. The molecule has 0 spiro atoms. The van der Waals surface area contributed by atoms with Crippen LogP contribution in [0, 0.1) is 11.8 Å². The van der Waals surface area contributed by atoms with Crippen LogP contribution in [0.1, 0.15) is 18.5 Å². The van der Waals surface area contributed by atoms with Gasteiger partial charge >= 0.3 is 0 Å². The molecule has 2 fully saturated rings. The van der Waals surface area contributed by atoms with Gasteiger partial charge in [-0.3, -0.25) is 0 Å². The zero-order valence-electron chi connectivity index (χ0n) is 12.4. The molecular weight excluding hydrogens is 264 g/mol.